The lowest BCUT2D eigenvalue weighted by atomic mass is 9.92. The van der Waals surface area contributed by atoms with Crippen molar-refractivity contribution in [3.63, 3.8) is 0 Å². The number of carbonyl (C=O) groups is 2. The average molecular weight is 585 g/mol. The van der Waals surface area contributed by atoms with Crippen molar-refractivity contribution >= 4 is 11.9 Å². The van der Waals surface area contributed by atoms with E-state index in [4.69, 9.17) is 18.5 Å². The molecule has 0 saturated heterocycles. The molecule has 0 amide bonds. The first kappa shape index (κ1) is 30.6. The molecule has 43 heavy (non-hydrogen) atoms. The number of rotatable bonds is 11. The van der Waals surface area contributed by atoms with Gasteiger partial charge in [-0.25, -0.2) is 0 Å². The van der Waals surface area contributed by atoms with Crippen LogP contribution in [0.4, 0.5) is 0 Å². The molecule has 0 unspecified atom stereocenters. The number of hydrogen-bond donors (Lipinski definition) is 1. The molecule has 0 aliphatic heterocycles. The molecule has 1 N–H and O–H groups in total. The van der Waals surface area contributed by atoms with E-state index in [1.54, 1.807) is 30.3 Å². The van der Waals surface area contributed by atoms with Gasteiger partial charge in [0, 0.05) is 24.0 Å². The lowest BCUT2D eigenvalue weighted by molar-refractivity contribution is -0.141. The third kappa shape index (κ3) is 9.06. The molecule has 2 atom stereocenters. The fourth-order valence-electron chi connectivity index (χ4n) is 4.39. The van der Waals surface area contributed by atoms with Crippen LogP contribution in [-0.4, -0.2) is 41.6 Å². The number of aromatic nitrogens is 2. The van der Waals surface area contributed by atoms with Gasteiger partial charge in [0.1, 0.15) is 30.6 Å². The number of phenolic OH excluding ortho intramolecular Hbond substituents is 1. The summed E-state index contributed by atoms with van der Waals surface area (Å²) in [5.41, 5.74) is 4.12. The Morgan fingerprint density at radius 2 is 1.28 bits per heavy atom. The molecule has 0 aliphatic rings. The van der Waals surface area contributed by atoms with Gasteiger partial charge in [0.15, 0.2) is 0 Å². The molecule has 2 aromatic heterocycles. The molecule has 222 valence electrons. The van der Waals surface area contributed by atoms with Gasteiger partial charge >= 0.3 is 11.9 Å². The first-order chi connectivity index (χ1) is 21.0. The standard InChI is InChI=1S/C20H19NO4.C13H13NO4/c1-23-20(22)13-18(19-10-11-25-21-19)16-8-5-9-17(12-16)24-14-15-6-3-2-4-7-15;1-17-13(16)8-11(12-5-6-18-14-12)9-3-2-4-10(15)7-9/h2-12,18H,13-14H2,1H3;2-7,11,15H,8H2,1H3/t18-;11-/m11/s1. The predicted octanol–water partition coefficient (Wildman–Crippen LogP) is 6.02. The fraction of sp³-hybridized carbons (Fsp3) is 0.212. The number of methoxy groups -OCH3 is 2. The van der Waals surface area contributed by atoms with E-state index in [9.17, 15) is 14.7 Å². The fourth-order valence-corrected chi connectivity index (χ4v) is 4.39. The zero-order chi connectivity index (χ0) is 30.4. The Bertz CT molecular complexity index is 1550. The summed E-state index contributed by atoms with van der Waals surface area (Å²) in [7, 11) is 2.71. The van der Waals surface area contributed by atoms with Gasteiger partial charge < -0.3 is 28.4 Å². The lowest BCUT2D eigenvalue weighted by Crippen LogP contribution is -2.10. The van der Waals surface area contributed by atoms with Crippen molar-refractivity contribution in [2.75, 3.05) is 14.2 Å². The Morgan fingerprint density at radius 3 is 1.79 bits per heavy atom. The number of carbonyl (C=O) groups excluding carboxylic acids is 2. The van der Waals surface area contributed by atoms with Crippen LogP contribution in [-0.2, 0) is 25.7 Å². The summed E-state index contributed by atoms with van der Waals surface area (Å²) < 4.78 is 25.1. The zero-order valence-corrected chi connectivity index (χ0v) is 23.8. The van der Waals surface area contributed by atoms with Crippen LogP contribution in [0.5, 0.6) is 11.5 Å². The molecular weight excluding hydrogens is 552 g/mol. The van der Waals surface area contributed by atoms with Crippen molar-refractivity contribution in [2.24, 2.45) is 0 Å². The average Bonchev–Trinajstić information content (AvgIpc) is 3.78. The Balaban J connectivity index is 0.000000208. The minimum Gasteiger partial charge on any atom is -0.508 e. The minimum atomic E-state index is -0.341. The third-order valence-corrected chi connectivity index (χ3v) is 6.61. The molecular formula is C33H32N2O8. The molecule has 0 saturated carbocycles. The van der Waals surface area contributed by atoms with E-state index in [1.807, 2.05) is 60.7 Å². The van der Waals surface area contributed by atoms with Gasteiger partial charge in [0.05, 0.1) is 38.4 Å². The highest BCUT2D eigenvalue weighted by molar-refractivity contribution is 5.71. The zero-order valence-electron chi connectivity index (χ0n) is 23.8. The van der Waals surface area contributed by atoms with Gasteiger partial charge in [-0.2, -0.15) is 0 Å². The summed E-state index contributed by atoms with van der Waals surface area (Å²) in [4.78, 5) is 23.2. The molecule has 2 heterocycles. The van der Waals surface area contributed by atoms with Crippen LogP contribution in [0.2, 0.25) is 0 Å². The maximum Gasteiger partial charge on any atom is 0.306 e. The molecule has 5 aromatic rings. The third-order valence-electron chi connectivity index (χ3n) is 6.61. The lowest BCUT2D eigenvalue weighted by Gasteiger charge is -2.15. The summed E-state index contributed by atoms with van der Waals surface area (Å²) in [5, 5.41) is 17.3. The van der Waals surface area contributed by atoms with E-state index in [2.05, 4.69) is 15.1 Å². The first-order valence-electron chi connectivity index (χ1n) is 13.5. The van der Waals surface area contributed by atoms with Crippen LogP contribution in [0.3, 0.4) is 0 Å². The molecule has 0 fully saturated rings. The van der Waals surface area contributed by atoms with E-state index < -0.39 is 0 Å². The largest absolute Gasteiger partial charge is 0.508 e. The van der Waals surface area contributed by atoms with Gasteiger partial charge in [-0.3, -0.25) is 9.59 Å². The Hall–Kier alpha value is -5.38. The van der Waals surface area contributed by atoms with Crippen molar-refractivity contribution in [1.29, 1.82) is 0 Å². The predicted molar refractivity (Wildman–Crippen MR) is 155 cm³/mol. The normalized spacial score (nSPS) is 11.9. The van der Waals surface area contributed by atoms with Crippen molar-refractivity contribution in [3.05, 3.63) is 132 Å². The summed E-state index contributed by atoms with van der Waals surface area (Å²) in [6.45, 7) is 0.482. The topological polar surface area (TPSA) is 134 Å². The molecule has 3 aromatic carbocycles. The molecule has 10 heteroatoms. The van der Waals surface area contributed by atoms with Gasteiger partial charge in [-0.1, -0.05) is 64.9 Å². The molecule has 0 radical (unpaired) electrons. The molecule has 0 spiro atoms. The highest BCUT2D eigenvalue weighted by atomic mass is 16.5. The maximum absolute atomic E-state index is 11.8. The highest BCUT2D eigenvalue weighted by Crippen LogP contribution is 2.31. The number of hydrogen-bond acceptors (Lipinski definition) is 10. The number of benzene rings is 3. The molecule has 5 rings (SSSR count). The van der Waals surface area contributed by atoms with Crippen LogP contribution in [0.1, 0.15) is 52.8 Å². The smallest absolute Gasteiger partial charge is 0.306 e. The summed E-state index contributed by atoms with van der Waals surface area (Å²) in [6, 6.07) is 27.8. The van der Waals surface area contributed by atoms with Gasteiger partial charge in [0.2, 0.25) is 0 Å². The molecule has 10 nitrogen and oxygen atoms in total. The van der Waals surface area contributed by atoms with E-state index >= 15 is 0 Å². The second-order valence-corrected chi connectivity index (χ2v) is 9.46. The number of aromatic hydroxyl groups is 1. The van der Waals surface area contributed by atoms with Crippen molar-refractivity contribution in [2.45, 2.75) is 31.3 Å². The van der Waals surface area contributed by atoms with Crippen LogP contribution < -0.4 is 4.74 Å². The SMILES string of the molecule is COC(=O)C[C@H](c1cccc(O)c1)c1ccon1.COC(=O)C[C@H](c1cccc(OCc2ccccc2)c1)c1ccon1. The maximum atomic E-state index is 11.8. The Labute approximate surface area is 248 Å². The highest BCUT2D eigenvalue weighted by Gasteiger charge is 2.23. The van der Waals surface area contributed by atoms with E-state index in [-0.39, 0.29) is 42.4 Å². The number of esters is 2. The van der Waals surface area contributed by atoms with Crippen LogP contribution in [0.15, 0.2) is 113 Å². The number of phenols is 1. The molecule has 0 aliphatic carbocycles. The van der Waals surface area contributed by atoms with Crippen LogP contribution in [0, 0.1) is 0 Å². The van der Waals surface area contributed by atoms with E-state index in [0.29, 0.717) is 18.0 Å². The number of ether oxygens (including phenoxy) is 3. The van der Waals surface area contributed by atoms with Crippen molar-refractivity contribution in [1.82, 2.24) is 10.3 Å². The van der Waals surface area contributed by atoms with Gasteiger partial charge in [-0.15, -0.1) is 0 Å². The Kier molecular flexibility index (Phi) is 11.1. The van der Waals surface area contributed by atoms with E-state index in [1.165, 1.54) is 26.7 Å². The van der Waals surface area contributed by atoms with Crippen LogP contribution in [0.25, 0.3) is 0 Å². The second kappa shape index (κ2) is 15.6. The van der Waals surface area contributed by atoms with E-state index in [0.717, 1.165) is 22.4 Å². The first-order valence-corrected chi connectivity index (χ1v) is 13.5. The second-order valence-electron chi connectivity index (χ2n) is 9.46. The number of nitrogens with zero attached hydrogens (tertiary/aromatic N) is 2. The summed E-state index contributed by atoms with van der Waals surface area (Å²) in [5.74, 6) is -0.296. The minimum absolute atomic E-state index is 0.144. The van der Waals surface area contributed by atoms with Crippen LogP contribution >= 0.6 is 0 Å². The van der Waals surface area contributed by atoms with Gasteiger partial charge in [0.25, 0.3) is 0 Å². The summed E-state index contributed by atoms with van der Waals surface area (Å²) >= 11 is 0. The molecule has 0 bridgehead atoms. The van der Waals surface area contributed by atoms with Gasteiger partial charge in [-0.05, 0) is 41.0 Å². The van der Waals surface area contributed by atoms with Crippen molar-refractivity contribution < 1.29 is 38.0 Å². The summed E-state index contributed by atoms with van der Waals surface area (Å²) in [6.07, 6.45) is 3.27. The quantitative estimate of drug-likeness (QED) is 0.184. The Morgan fingerprint density at radius 1 is 0.721 bits per heavy atom. The van der Waals surface area contributed by atoms with Crippen molar-refractivity contribution in [3.8, 4) is 11.5 Å². The monoisotopic (exact) mass is 584 g/mol.